The third-order valence-corrected chi connectivity index (χ3v) is 3.69. The van der Waals surface area contributed by atoms with E-state index in [1.54, 1.807) is 12.1 Å². The van der Waals surface area contributed by atoms with Crippen LogP contribution in [0.3, 0.4) is 0 Å². The lowest BCUT2D eigenvalue weighted by molar-refractivity contribution is -0.137. The zero-order valence-electron chi connectivity index (χ0n) is 14.7. The van der Waals surface area contributed by atoms with Crippen LogP contribution in [-0.2, 0) is 27.3 Å². The maximum absolute atomic E-state index is 12.7. The predicted octanol–water partition coefficient (Wildman–Crippen LogP) is 4.11. The average molecular weight is 378 g/mol. The van der Waals surface area contributed by atoms with Crippen molar-refractivity contribution in [3.8, 4) is 0 Å². The summed E-state index contributed by atoms with van der Waals surface area (Å²) in [6.07, 6.45) is -2.67. The normalized spacial score (nSPS) is 12.3. The van der Waals surface area contributed by atoms with Gasteiger partial charge in [0.05, 0.1) is 11.8 Å². The molecule has 2 aromatic rings. The molecule has 0 aliphatic carbocycles. The first-order valence-corrected chi connectivity index (χ1v) is 7.84. The van der Waals surface area contributed by atoms with Crippen molar-refractivity contribution in [2.24, 2.45) is 10.3 Å². The summed E-state index contributed by atoms with van der Waals surface area (Å²) in [5.41, 5.74) is 1.63. The Morgan fingerprint density at radius 1 is 1.19 bits per heavy atom. The number of benzene rings is 2. The molecule has 0 bridgehead atoms. The third kappa shape index (κ3) is 5.40. The van der Waals surface area contributed by atoms with Gasteiger partial charge in [0.15, 0.2) is 6.29 Å². The zero-order chi connectivity index (χ0) is 19.9. The van der Waals surface area contributed by atoms with Gasteiger partial charge in [0.25, 0.3) is 0 Å². The first kappa shape index (κ1) is 20.2. The molecule has 0 aliphatic heterocycles. The summed E-state index contributed by atoms with van der Waals surface area (Å²) in [4.78, 5) is 21.1. The van der Waals surface area contributed by atoms with Crippen molar-refractivity contribution >= 4 is 18.2 Å². The highest BCUT2D eigenvalue weighted by molar-refractivity contribution is 6.36. The first-order chi connectivity index (χ1) is 12.9. The van der Waals surface area contributed by atoms with E-state index in [1.165, 1.54) is 25.5 Å². The van der Waals surface area contributed by atoms with E-state index in [0.717, 1.165) is 17.7 Å². The molecule has 0 atom stereocenters. The van der Waals surface area contributed by atoms with Crippen LogP contribution >= 0.6 is 0 Å². The highest BCUT2D eigenvalue weighted by atomic mass is 19.4. The van der Waals surface area contributed by atoms with Gasteiger partial charge in [0, 0.05) is 11.1 Å². The van der Waals surface area contributed by atoms with E-state index in [2.05, 4.69) is 15.1 Å². The fraction of sp³-hybridized carbons (Fsp3) is 0.211. The van der Waals surface area contributed by atoms with E-state index in [9.17, 15) is 18.0 Å². The quantitative estimate of drug-likeness (QED) is 0.414. The molecule has 2 aromatic carbocycles. The Morgan fingerprint density at radius 3 is 2.59 bits per heavy atom. The van der Waals surface area contributed by atoms with Crippen molar-refractivity contribution in [2.75, 3.05) is 7.11 Å². The molecule has 0 saturated heterocycles. The van der Waals surface area contributed by atoms with E-state index in [4.69, 9.17) is 4.84 Å². The summed E-state index contributed by atoms with van der Waals surface area (Å²) in [5.74, 6) is 0. The number of hydrogen-bond acceptors (Lipinski definition) is 5. The smallest absolute Gasteiger partial charge is 0.399 e. The average Bonchev–Trinajstić information content (AvgIpc) is 2.64. The molecule has 0 amide bonds. The Bertz CT molecular complexity index is 862. The number of aryl methyl sites for hydroxylation is 1. The van der Waals surface area contributed by atoms with Gasteiger partial charge >= 0.3 is 6.18 Å². The highest BCUT2D eigenvalue weighted by Gasteiger charge is 2.30. The molecule has 2 rings (SSSR count). The SMILES string of the molecule is CO/N=C(/C=O)c1cccc(C)c1CO/N=C/c1cccc(C(F)(F)F)c1. The van der Waals surface area contributed by atoms with E-state index < -0.39 is 11.7 Å². The Hall–Kier alpha value is -3.16. The zero-order valence-corrected chi connectivity index (χ0v) is 14.7. The number of oxime groups is 2. The van der Waals surface area contributed by atoms with E-state index in [1.807, 2.05) is 13.0 Å². The summed E-state index contributed by atoms with van der Waals surface area (Å²) in [7, 11) is 1.33. The molecular weight excluding hydrogens is 361 g/mol. The van der Waals surface area contributed by atoms with Crippen LogP contribution in [0.5, 0.6) is 0 Å². The van der Waals surface area contributed by atoms with Crippen molar-refractivity contribution in [1.29, 1.82) is 0 Å². The Labute approximate surface area is 154 Å². The second-order valence-electron chi connectivity index (χ2n) is 5.51. The molecule has 0 saturated carbocycles. The summed E-state index contributed by atoms with van der Waals surface area (Å²) in [6.45, 7) is 1.84. The van der Waals surface area contributed by atoms with Crippen LogP contribution in [0.1, 0.15) is 27.8 Å². The summed E-state index contributed by atoms with van der Waals surface area (Å²) in [5, 5.41) is 7.39. The van der Waals surface area contributed by atoms with Gasteiger partial charge in [-0.3, -0.25) is 4.79 Å². The number of rotatable bonds is 7. The van der Waals surface area contributed by atoms with Gasteiger partial charge < -0.3 is 9.68 Å². The van der Waals surface area contributed by atoms with E-state index in [0.29, 0.717) is 17.4 Å². The lowest BCUT2D eigenvalue weighted by atomic mass is 9.99. The van der Waals surface area contributed by atoms with Crippen LogP contribution in [0, 0.1) is 6.92 Å². The lowest BCUT2D eigenvalue weighted by Gasteiger charge is -2.10. The van der Waals surface area contributed by atoms with Gasteiger partial charge in [0.1, 0.15) is 19.4 Å². The molecule has 0 unspecified atom stereocenters. The maximum atomic E-state index is 12.7. The number of carbonyl (C=O) groups excluding carboxylic acids is 1. The Balaban J connectivity index is 2.15. The van der Waals surface area contributed by atoms with Crippen molar-refractivity contribution < 1.29 is 27.6 Å². The number of hydrogen-bond donors (Lipinski definition) is 0. The summed E-state index contributed by atoms with van der Waals surface area (Å²) in [6, 6.07) is 10.0. The molecule has 5 nitrogen and oxygen atoms in total. The molecule has 8 heteroatoms. The van der Waals surface area contributed by atoms with E-state index >= 15 is 0 Å². The molecule has 0 aromatic heterocycles. The maximum Gasteiger partial charge on any atom is 0.416 e. The molecule has 0 fully saturated rings. The topological polar surface area (TPSA) is 60.2 Å². The van der Waals surface area contributed by atoms with Gasteiger partial charge in [-0.15, -0.1) is 0 Å². The second-order valence-corrected chi connectivity index (χ2v) is 5.51. The fourth-order valence-corrected chi connectivity index (χ4v) is 2.36. The van der Waals surface area contributed by atoms with Crippen molar-refractivity contribution in [2.45, 2.75) is 19.7 Å². The largest absolute Gasteiger partial charge is 0.416 e. The number of carbonyl (C=O) groups is 1. The molecule has 0 radical (unpaired) electrons. The molecule has 27 heavy (non-hydrogen) atoms. The van der Waals surface area contributed by atoms with Gasteiger partial charge in [-0.25, -0.2) is 0 Å². The minimum absolute atomic E-state index is 0.00798. The molecule has 0 spiro atoms. The summed E-state index contributed by atoms with van der Waals surface area (Å²) >= 11 is 0. The molecule has 0 aliphatic rings. The minimum Gasteiger partial charge on any atom is -0.399 e. The monoisotopic (exact) mass is 378 g/mol. The number of alkyl halides is 3. The number of aldehydes is 1. The molecule has 0 N–H and O–H groups in total. The highest BCUT2D eigenvalue weighted by Crippen LogP contribution is 2.29. The Kier molecular flexibility index (Phi) is 6.70. The van der Waals surface area contributed by atoms with E-state index in [-0.39, 0.29) is 17.9 Å². The van der Waals surface area contributed by atoms with Crippen LogP contribution in [-0.4, -0.2) is 25.3 Å². The van der Waals surface area contributed by atoms with Gasteiger partial charge in [-0.1, -0.05) is 40.6 Å². The minimum atomic E-state index is -4.42. The van der Waals surface area contributed by atoms with Gasteiger partial charge in [-0.05, 0) is 30.2 Å². The number of nitrogens with zero attached hydrogens (tertiary/aromatic N) is 2. The summed E-state index contributed by atoms with van der Waals surface area (Å²) < 4.78 is 38.1. The lowest BCUT2D eigenvalue weighted by Crippen LogP contribution is -2.09. The Morgan fingerprint density at radius 2 is 1.93 bits per heavy atom. The van der Waals surface area contributed by atoms with Crippen LogP contribution in [0.25, 0.3) is 0 Å². The van der Waals surface area contributed by atoms with Gasteiger partial charge in [-0.2, -0.15) is 13.2 Å². The predicted molar refractivity (Wildman–Crippen MR) is 94.6 cm³/mol. The molecule has 0 heterocycles. The fourth-order valence-electron chi connectivity index (χ4n) is 2.36. The van der Waals surface area contributed by atoms with Crippen LogP contribution in [0.15, 0.2) is 52.8 Å². The first-order valence-electron chi connectivity index (χ1n) is 7.84. The third-order valence-electron chi connectivity index (χ3n) is 3.69. The molecule has 142 valence electrons. The van der Waals surface area contributed by atoms with Crippen molar-refractivity contribution in [3.63, 3.8) is 0 Å². The van der Waals surface area contributed by atoms with Crippen LogP contribution in [0.2, 0.25) is 0 Å². The van der Waals surface area contributed by atoms with Gasteiger partial charge in [0.2, 0.25) is 0 Å². The molecular formula is C19H17F3N2O3. The van der Waals surface area contributed by atoms with Crippen LogP contribution in [0.4, 0.5) is 13.2 Å². The standard InChI is InChI=1S/C19H17F3N2O3/c1-13-5-3-8-16(18(11-25)24-26-2)17(13)12-27-23-10-14-6-4-7-15(9-14)19(20,21)22/h3-11H,12H2,1-2H3/b23-10+,24-18-. The van der Waals surface area contributed by atoms with Crippen LogP contribution < -0.4 is 0 Å². The van der Waals surface area contributed by atoms with Crippen molar-refractivity contribution in [3.05, 3.63) is 70.3 Å². The number of halogens is 3. The second kappa shape index (κ2) is 8.98. The van der Waals surface area contributed by atoms with Crippen molar-refractivity contribution in [1.82, 2.24) is 0 Å².